The molecule has 3 aliphatic rings. The number of carbonyl (C=O) groups excluding carboxylic acids is 1. The van der Waals surface area contributed by atoms with E-state index < -0.39 is 17.4 Å². The minimum absolute atomic E-state index is 0.0139. The van der Waals surface area contributed by atoms with E-state index in [1.807, 2.05) is 19.9 Å². The van der Waals surface area contributed by atoms with E-state index >= 15 is 0 Å². The quantitative estimate of drug-likeness (QED) is 0.740. The van der Waals surface area contributed by atoms with Crippen LogP contribution in [-0.4, -0.2) is 27.9 Å². The standard InChI is InChI=1S/C21H30O5/c1-4-14-17(22)10-16-13-6-5-12(9-18(23)24)21(3,11-19(25)26)15(13)7-8-20(14,16)2/h4,12-13,15-16H,5-11H2,1-3H3,(H,23,24)(H,25,26)/t12-,13+,15-,16-,20+,21-/m0/s1. The van der Waals surface area contributed by atoms with Crippen molar-refractivity contribution in [1.82, 2.24) is 0 Å². The molecule has 6 atom stereocenters. The molecule has 0 saturated heterocycles. The average molecular weight is 362 g/mol. The molecule has 0 radical (unpaired) electrons. The second kappa shape index (κ2) is 6.50. The number of carboxylic acid groups (broad SMARTS) is 2. The first-order valence-electron chi connectivity index (χ1n) is 9.77. The monoisotopic (exact) mass is 362 g/mol. The lowest BCUT2D eigenvalue weighted by Gasteiger charge is -2.57. The van der Waals surface area contributed by atoms with Gasteiger partial charge in [0, 0.05) is 12.8 Å². The molecule has 3 rings (SSSR count). The highest BCUT2D eigenvalue weighted by Gasteiger charge is 2.60. The Balaban J connectivity index is 1.96. The van der Waals surface area contributed by atoms with Crippen molar-refractivity contribution in [3.8, 4) is 0 Å². The predicted octanol–water partition coefficient (Wildman–Crippen LogP) is 3.92. The lowest BCUT2D eigenvalue weighted by atomic mass is 9.46. The number of carboxylic acids is 2. The first-order chi connectivity index (χ1) is 12.1. The lowest BCUT2D eigenvalue weighted by molar-refractivity contribution is -0.154. The van der Waals surface area contributed by atoms with Gasteiger partial charge in [-0.1, -0.05) is 19.9 Å². The van der Waals surface area contributed by atoms with Crippen LogP contribution in [0.5, 0.6) is 0 Å². The summed E-state index contributed by atoms with van der Waals surface area (Å²) >= 11 is 0. The minimum atomic E-state index is -0.853. The minimum Gasteiger partial charge on any atom is -0.481 e. The summed E-state index contributed by atoms with van der Waals surface area (Å²) in [5.74, 6) is -0.818. The summed E-state index contributed by atoms with van der Waals surface area (Å²) in [5, 5.41) is 18.8. The van der Waals surface area contributed by atoms with Crippen LogP contribution < -0.4 is 0 Å². The third-order valence-electron chi connectivity index (χ3n) is 8.02. The van der Waals surface area contributed by atoms with Gasteiger partial charge in [-0.3, -0.25) is 14.4 Å². The maximum atomic E-state index is 12.6. The summed E-state index contributed by atoms with van der Waals surface area (Å²) in [6.45, 7) is 6.12. The molecule has 0 aromatic carbocycles. The highest BCUT2D eigenvalue weighted by molar-refractivity contribution is 5.99. The van der Waals surface area contributed by atoms with Gasteiger partial charge in [0.05, 0.1) is 6.42 Å². The number of ketones is 1. The Hall–Kier alpha value is -1.65. The van der Waals surface area contributed by atoms with Gasteiger partial charge in [0.1, 0.15) is 0 Å². The van der Waals surface area contributed by atoms with E-state index in [1.165, 1.54) is 0 Å². The topological polar surface area (TPSA) is 91.7 Å². The molecule has 0 aromatic rings. The molecule has 0 unspecified atom stereocenters. The van der Waals surface area contributed by atoms with E-state index in [-0.39, 0.29) is 41.8 Å². The predicted molar refractivity (Wildman–Crippen MR) is 96.5 cm³/mol. The Morgan fingerprint density at radius 1 is 1.12 bits per heavy atom. The molecule has 3 fully saturated rings. The van der Waals surface area contributed by atoms with Crippen molar-refractivity contribution >= 4 is 17.7 Å². The highest BCUT2D eigenvalue weighted by atomic mass is 16.4. The van der Waals surface area contributed by atoms with Crippen molar-refractivity contribution in [1.29, 1.82) is 0 Å². The average Bonchev–Trinajstić information content (AvgIpc) is 2.79. The molecule has 0 aliphatic heterocycles. The Morgan fingerprint density at radius 3 is 2.38 bits per heavy atom. The molecule has 0 aromatic heterocycles. The van der Waals surface area contributed by atoms with E-state index in [4.69, 9.17) is 0 Å². The highest BCUT2D eigenvalue weighted by Crippen LogP contribution is 2.65. The van der Waals surface area contributed by atoms with Gasteiger partial charge in [0.15, 0.2) is 5.78 Å². The van der Waals surface area contributed by atoms with Gasteiger partial charge >= 0.3 is 11.9 Å². The summed E-state index contributed by atoms with van der Waals surface area (Å²) in [6, 6.07) is 0. The van der Waals surface area contributed by atoms with E-state index in [0.717, 1.165) is 31.3 Å². The van der Waals surface area contributed by atoms with Crippen molar-refractivity contribution in [3.63, 3.8) is 0 Å². The van der Waals surface area contributed by atoms with Crippen LogP contribution in [0, 0.1) is 34.5 Å². The van der Waals surface area contributed by atoms with Crippen LogP contribution in [-0.2, 0) is 14.4 Å². The van der Waals surface area contributed by atoms with E-state index in [9.17, 15) is 24.6 Å². The number of allylic oxidation sites excluding steroid dienone is 2. The van der Waals surface area contributed by atoms with Gasteiger partial charge in [0.25, 0.3) is 0 Å². The maximum Gasteiger partial charge on any atom is 0.303 e. The summed E-state index contributed by atoms with van der Waals surface area (Å²) < 4.78 is 0. The van der Waals surface area contributed by atoms with Crippen molar-refractivity contribution < 1.29 is 24.6 Å². The summed E-state index contributed by atoms with van der Waals surface area (Å²) in [5.41, 5.74) is 0.334. The van der Waals surface area contributed by atoms with Crippen molar-refractivity contribution in [2.45, 2.75) is 65.7 Å². The first kappa shape index (κ1) is 19.1. The summed E-state index contributed by atoms with van der Waals surface area (Å²) in [4.78, 5) is 35.5. The molecule has 0 spiro atoms. The van der Waals surface area contributed by atoms with Crippen LogP contribution in [0.1, 0.15) is 65.7 Å². The molecule has 2 N–H and O–H groups in total. The van der Waals surface area contributed by atoms with E-state index in [0.29, 0.717) is 12.3 Å². The fourth-order valence-corrected chi connectivity index (χ4v) is 6.83. The number of aliphatic carboxylic acids is 2. The van der Waals surface area contributed by atoms with E-state index in [2.05, 4.69) is 6.92 Å². The molecular formula is C21H30O5. The van der Waals surface area contributed by atoms with Crippen LogP contribution in [0.25, 0.3) is 0 Å². The molecule has 26 heavy (non-hydrogen) atoms. The maximum absolute atomic E-state index is 12.6. The van der Waals surface area contributed by atoms with Gasteiger partial charge in [-0.25, -0.2) is 0 Å². The van der Waals surface area contributed by atoms with Crippen molar-refractivity contribution in [2.24, 2.45) is 34.5 Å². The van der Waals surface area contributed by atoms with Gasteiger partial charge in [0.2, 0.25) is 0 Å². The zero-order chi connectivity index (χ0) is 19.3. The number of rotatable bonds is 4. The van der Waals surface area contributed by atoms with E-state index in [1.54, 1.807) is 0 Å². The molecule has 3 aliphatic carbocycles. The number of fused-ring (bicyclic) bond motifs is 3. The summed E-state index contributed by atoms with van der Waals surface area (Å²) in [6.07, 6.45) is 5.99. The zero-order valence-electron chi connectivity index (χ0n) is 16.0. The number of hydrogen-bond donors (Lipinski definition) is 2. The molecule has 5 heteroatoms. The molecule has 144 valence electrons. The number of carbonyl (C=O) groups is 3. The molecule has 5 nitrogen and oxygen atoms in total. The van der Waals surface area contributed by atoms with Crippen LogP contribution in [0.15, 0.2) is 11.6 Å². The summed E-state index contributed by atoms with van der Waals surface area (Å²) in [7, 11) is 0. The largest absolute Gasteiger partial charge is 0.481 e. The molecule has 0 heterocycles. The van der Waals surface area contributed by atoms with Gasteiger partial charge in [-0.15, -0.1) is 0 Å². The van der Waals surface area contributed by atoms with Crippen LogP contribution in [0.2, 0.25) is 0 Å². The Morgan fingerprint density at radius 2 is 1.81 bits per heavy atom. The Bertz CT molecular complexity index is 665. The second-order valence-electron chi connectivity index (χ2n) is 9.11. The van der Waals surface area contributed by atoms with Crippen LogP contribution >= 0.6 is 0 Å². The Kier molecular flexibility index (Phi) is 4.78. The van der Waals surface area contributed by atoms with Gasteiger partial charge in [-0.2, -0.15) is 0 Å². The normalized spacial score (nSPS) is 43.8. The third-order valence-corrected chi connectivity index (χ3v) is 8.02. The lowest BCUT2D eigenvalue weighted by Crippen LogP contribution is -2.52. The van der Waals surface area contributed by atoms with Crippen LogP contribution in [0.3, 0.4) is 0 Å². The zero-order valence-corrected chi connectivity index (χ0v) is 16.0. The number of Topliss-reactive ketones (excluding diaryl/α,β-unsaturated/α-hetero) is 1. The molecule has 0 amide bonds. The smallest absolute Gasteiger partial charge is 0.303 e. The van der Waals surface area contributed by atoms with Crippen LogP contribution in [0.4, 0.5) is 0 Å². The Labute approximate surface area is 154 Å². The van der Waals surface area contributed by atoms with Gasteiger partial charge in [-0.05, 0) is 72.7 Å². The van der Waals surface area contributed by atoms with Crippen molar-refractivity contribution in [3.05, 3.63) is 11.6 Å². The van der Waals surface area contributed by atoms with Crippen molar-refractivity contribution in [2.75, 3.05) is 0 Å². The molecule has 3 saturated carbocycles. The molecular weight excluding hydrogens is 332 g/mol. The number of hydrogen-bond acceptors (Lipinski definition) is 3. The fraction of sp³-hybridized carbons (Fsp3) is 0.762. The fourth-order valence-electron chi connectivity index (χ4n) is 6.83. The third kappa shape index (κ3) is 2.80. The SMILES string of the molecule is CC=C1C(=O)C[C@H]2[C@@H]3CC[C@@H](CC(=O)O)[C@](C)(CC(=O)O)[C@H]3CC[C@]12C. The molecule has 0 bridgehead atoms. The van der Waals surface area contributed by atoms with Gasteiger partial charge < -0.3 is 10.2 Å². The second-order valence-corrected chi connectivity index (χ2v) is 9.11. The first-order valence-corrected chi connectivity index (χ1v) is 9.77.